The first-order chi connectivity index (χ1) is 7.48. The molecule has 0 spiro atoms. The molecule has 1 saturated carbocycles. The molecule has 1 aliphatic carbocycles. The molecule has 0 saturated heterocycles. The number of halogens is 2. The molecule has 0 unspecified atom stereocenters. The van der Waals surface area contributed by atoms with Crippen LogP contribution in [0.4, 0.5) is 8.78 Å². The third-order valence-corrected chi connectivity index (χ3v) is 2.60. The van der Waals surface area contributed by atoms with Gasteiger partial charge in [0.2, 0.25) is 0 Å². The largest absolute Gasteiger partial charge is 0.469 e. The maximum absolute atomic E-state index is 13.3. The van der Waals surface area contributed by atoms with Crippen molar-refractivity contribution in [1.29, 1.82) is 0 Å². The standard InChI is InChI=1S/C10H10F2N2O2/c1-5-3-4-13-8(14-5)6-7(9(15)16-2)10(6,11)12/h3-4,6-7H,1-2H3/t6-,7-/m0/s1. The number of aromatic nitrogens is 2. The van der Waals surface area contributed by atoms with Gasteiger partial charge < -0.3 is 4.74 Å². The quantitative estimate of drug-likeness (QED) is 0.716. The maximum atomic E-state index is 13.3. The normalized spacial score (nSPS) is 26.2. The van der Waals surface area contributed by atoms with E-state index < -0.39 is 23.7 Å². The fourth-order valence-electron chi connectivity index (χ4n) is 1.69. The highest BCUT2D eigenvalue weighted by molar-refractivity contribution is 5.79. The highest BCUT2D eigenvalue weighted by Crippen LogP contribution is 2.61. The minimum Gasteiger partial charge on any atom is -0.469 e. The van der Waals surface area contributed by atoms with Crippen LogP contribution in [0.25, 0.3) is 0 Å². The van der Waals surface area contributed by atoms with Crippen LogP contribution in [-0.4, -0.2) is 29.0 Å². The molecular weight excluding hydrogens is 218 g/mol. The molecule has 1 heterocycles. The smallest absolute Gasteiger partial charge is 0.315 e. The Bertz CT molecular complexity index is 437. The first kappa shape index (κ1) is 10.9. The van der Waals surface area contributed by atoms with Gasteiger partial charge >= 0.3 is 5.97 Å². The number of hydrogen-bond donors (Lipinski definition) is 0. The zero-order chi connectivity index (χ0) is 11.9. The average Bonchev–Trinajstić information content (AvgIpc) is 2.80. The molecule has 1 aromatic rings. The molecule has 0 bridgehead atoms. The number of nitrogens with zero attached hydrogens (tertiary/aromatic N) is 2. The molecule has 1 aliphatic rings. The van der Waals surface area contributed by atoms with Crippen LogP contribution in [0.3, 0.4) is 0 Å². The molecule has 2 rings (SSSR count). The van der Waals surface area contributed by atoms with Crippen LogP contribution in [0.1, 0.15) is 17.4 Å². The van der Waals surface area contributed by atoms with Crippen molar-refractivity contribution in [3.05, 3.63) is 23.8 Å². The van der Waals surface area contributed by atoms with Crippen LogP contribution >= 0.6 is 0 Å². The third kappa shape index (κ3) is 1.54. The molecular formula is C10H10F2N2O2. The van der Waals surface area contributed by atoms with E-state index in [1.165, 1.54) is 6.20 Å². The Morgan fingerprint density at radius 3 is 2.81 bits per heavy atom. The van der Waals surface area contributed by atoms with Crippen molar-refractivity contribution in [2.75, 3.05) is 7.11 Å². The van der Waals surface area contributed by atoms with E-state index in [9.17, 15) is 13.6 Å². The summed E-state index contributed by atoms with van der Waals surface area (Å²) in [6.07, 6.45) is 1.40. The fourth-order valence-corrected chi connectivity index (χ4v) is 1.69. The second-order valence-corrected chi connectivity index (χ2v) is 3.71. The number of alkyl halides is 2. The lowest BCUT2D eigenvalue weighted by Gasteiger charge is -1.97. The number of methoxy groups -OCH3 is 1. The van der Waals surface area contributed by atoms with Crippen LogP contribution in [0.2, 0.25) is 0 Å². The SMILES string of the molecule is COC(=O)[C@@H]1[C@@H](c2nccc(C)n2)C1(F)F. The Labute approximate surface area is 90.7 Å². The van der Waals surface area contributed by atoms with Gasteiger partial charge in [-0.1, -0.05) is 0 Å². The fraction of sp³-hybridized carbons (Fsp3) is 0.500. The van der Waals surface area contributed by atoms with Crippen LogP contribution in [-0.2, 0) is 9.53 Å². The summed E-state index contributed by atoms with van der Waals surface area (Å²) < 4.78 is 31.0. The number of esters is 1. The summed E-state index contributed by atoms with van der Waals surface area (Å²) in [5.41, 5.74) is 0.594. The topological polar surface area (TPSA) is 52.1 Å². The monoisotopic (exact) mass is 228 g/mol. The molecule has 2 atom stereocenters. The molecule has 0 aromatic carbocycles. The van der Waals surface area contributed by atoms with Crippen molar-refractivity contribution < 1.29 is 18.3 Å². The van der Waals surface area contributed by atoms with E-state index in [2.05, 4.69) is 14.7 Å². The van der Waals surface area contributed by atoms with Gasteiger partial charge in [-0.15, -0.1) is 0 Å². The molecule has 6 heteroatoms. The van der Waals surface area contributed by atoms with Crippen molar-refractivity contribution in [1.82, 2.24) is 9.97 Å². The predicted octanol–water partition coefficient (Wildman–Crippen LogP) is 1.31. The van der Waals surface area contributed by atoms with Crippen LogP contribution in [0, 0.1) is 12.8 Å². The minimum absolute atomic E-state index is 0.000370. The van der Waals surface area contributed by atoms with E-state index in [0.29, 0.717) is 5.69 Å². The van der Waals surface area contributed by atoms with E-state index in [4.69, 9.17) is 0 Å². The van der Waals surface area contributed by atoms with Crippen molar-refractivity contribution >= 4 is 5.97 Å². The molecule has 0 N–H and O–H groups in total. The summed E-state index contributed by atoms with van der Waals surface area (Å²) in [5.74, 6) is -6.71. The molecule has 4 nitrogen and oxygen atoms in total. The summed E-state index contributed by atoms with van der Waals surface area (Å²) in [4.78, 5) is 18.8. The summed E-state index contributed by atoms with van der Waals surface area (Å²) in [6.45, 7) is 1.68. The zero-order valence-corrected chi connectivity index (χ0v) is 8.78. The third-order valence-electron chi connectivity index (χ3n) is 2.60. The predicted molar refractivity (Wildman–Crippen MR) is 50.0 cm³/mol. The van der Waals surface area contributed by atoms with Crippen molar-refractivity contribution in [3.8, 4) is 0 Å². The van der Waals surface area contributed by atoms with Gasteiger partial charge in [-0.2, -0.15) is 0 Å². The van der Waals surface area contributed by atoms with Gasteiger partial charge in [0.05, 0.1) is 7.11 Å². The Morgan fingerprint density at radius 2 is 2.25 bits per heavy atom. The van der Waals surface area contributed by atoms with Gasteiger partial charge in [-0.05, 0) is 13.0 Å². The van der Waals surface area contributed by atoms with Gasteiger partial charge in [0.25, 0.3) is 5.92 Å². The highest BCUT2D eigenvalue weighted by Gasteiger charge is 2.74. The Balaban J connectivity index is 2.27. The second-order valence-electron chi connectivity index (χ2n) is 3.71. The summed E-state index contributed by atoms with van der Waals surface area (Å²) in [6, 6.07) is 1.61. The molecule has 1 aromatic heterocycles. The molecule has 0 radical (unpaired) electrons. The van der Waals surface area contributed by atoms with E-state index in [0.717, 1.165) is 7.11 Å². The lowest BCUT2D eigenvalue weighted by atomic mass is 10.3. The lowest BCUT2D eigenvalue weighted by Crippen LogP contribution is -2.08. The van der Waals surface area contributed by atoms with Crippen molar-refractivity contribution in [2.24, 2.45) is 5.92 Å². The minimum atomic E-state index is -3.10. The van der Waals surface area contributed by atoms with Gasteiger partial charge in [0, 0.05) is 11.9 Å². The van der Waals surface area contributed by atoms with Crippen molar-refractivity contribution in [2.45, 2.75) is 18.8 Å². The van der Waals surface area contributed by atoms with Crippen LogP contribution < -0.4 is 0 Å². The highest BCUT2D eigenvalue weighted by atomic mass is 19.3. The van der Waals surface area contributed by atoms with E-state index >= 15 is 0 Å². The van der Waals surface area contributed by atoms with E-state index in [-0.39, 0.29) is 5.82 Å². The molecule has 86 valence electrons. The number of carbonyl (C=O) groups excluding carboxylic acids is 1. The van der Waals surface area contributed by atoms with Gasteiger partial charge in [-0.25, -0.2) is 18.7 Å². The molecule has 1 fully saturated rings. The first-order valence-corrected chi connectivity index (χ1v) is 4.73. The van der Waals surface area contributed by atoms with Crippen molar-refractivity contribution in [3.63, 3.8) is 0 Å². The number of carbonyl (C=O) groups is 1. The summed E-state index contributed by atoms with van der Waals surface area (Å²) in [5, 5.41) is 0. The molecule has 0 amide bonds. The number of aryl methyl sites for hydroxylation is 1. The van der Waals surface area contributed by atoms with E-state index in [1.54, 1.807) is 13.0 Å². The Morgan fingerprint density at radius 1 is 1.56 bits per heavy atom. The average molecular weight is 228 g/mol. The molecule has 16 heavy (non-hydrogen) atoms. The zero-order valence-electron chi connectivity index (χ0n) is 8.78. The van der Waals surface area contributed by atoms with Gasteiger partial charge in [0.1, 0.15) is 17.7 Å². The first-order valence-electron chi connectivity index (χ1n) is 4.73. The van der Waals surface area contributed by atoms with E-state index in [1.807, 2.05) is 0 Å². The summed E-state index contributed by atoms with van der Waals surface area (Å²) >= 11 is 0. The number of hydrogen-bond acceptors (Lipinski definition) is 4. The maximum Gasteiger partial charge on any atom is 0.315 e. The number of ether oxygens (including phenoxy) is 1. The Kier molecular flexibility index (Phi) is 2.36. The number of rotatable bonds is 2. The van der Waals surface area contributed by atoms with Crippen LogP contribution in [0.15, 0.2) is 12.3 Å². The van der Waals surface area contributed by atoms with Gasteiger partial charge in [0.15, 0.2) is 0 Å². The summed E-state index contributed by atoms with van der Waals surface area (Å²) in [7, 11) is 1.09. The Hall–Kier alpha value is -1.59. The van der Waals surface area contributed by atoms with Gasteiger partial charge in [-0.3, -0.25) is 4.79 Å². The van der Waals surface area contributed by atoms with Crippen LogP contribution in [0.5, 0.6) is 0 Å². The lowest BCUT2D eigenvalue weighted by molar-refractivity contribution is -0.144. The molecule has 0 aliphatic heterocycles. The second kappa shape index (κ2) is 3.47.